The number of hydrogen-bond donors (Lipinski definition) is 0. The lowest BCUT2D eigenvalue weighted by molar-refractivity contribution is -0.394. The average molecular weight is 300 g/mol. The first kappa shape index (κ1) is 15.3. The Balaban J connectivity index is 2.55. The lowest BCUT2D eigenvalue weighted by Crippen LogP contribution is -2.06. The monoisotopic (exact) mass is 300 g/mol. The highest BCUT2D eigenvalue weighted by Crippen LogP contribution is 2.27. The van der Waals surface area contributed by atoms with Crippen LogP contribution in [0.3, 0.4) is 0 Å². The van der Waals surface area contributed by atoms with Crippen molar-refractivity contribution in [1.82, 2.24) is 0 Å². The van der Waals surface area contributed by atoms with Gasteiger partial charge < -0.3 is 0 Å². The molecule has 0 N–H and O–H groups in total. The summed E-state index contributed by atoms with van der Waals surface area (Å²) in [6, 6.07) is 7.97. The largest absolute Gasteiger partial charge is 0.288 e. The number of rotatable bonds is 4. The predicted molar refractivity (Wildman–Crippen MR) is 79.1 cm³/mol. The number of carbonyl (C=O) groups excluding carboxylic acids is 1. The lowest BCUT2D eigenvalue weighted by atomic mass is 9.98. The minimum Gasteiger partial charge on any atom is -0.288 e. The summed E-state index contributed by atoms with van der Waals surface area (Å²) in [4.78, 5) is 32.7. The maximum absolute atomic E-state index is 12.4. The normalized spacial score (nSPS) is 10.3. The zero-order valence-corrected chi connectivity index (χ0v) is 11.9. The summed E-state index contributed by atoms with van der Waals surface area (Å²) in [5, 5.41) is 21.8. The van der Waals surface area contributed by atoms with Gasteiger partial charge >= 0.3 is 0 Å². The number of carbonyl (C=O) groups is 1. The maximum atomic E-state index is 12.4. The molecule has 2 rings (SSSR count). The van der Waals surface area contributed by atoms with Gasteiger partial charge in [0.2, 0.25) is 0 Å². The second kappa shape index (κ2) is 5.72. The SMILES string of the molecule is Cc1ccc(C(=O)c2ccc([N+](=O)[O-])cc2[N+](=O)[O-])cc1C. The molecule has 0 spiro atoms. The van der Waals surface area contributed by atoms with E-state index in [2.05, 4.69) is 0 Å². The van der Waals surface area contributed by atoms with Crippen LogP contribution in [0.25, 0.3) is 0 Å². The van der Waals surface area contributed by atoms with Crippen LogP contribution in [0, 0.1) is 34.1 Å². The second-order valence-corrected chi connectivity index (χ2v) is 4.84. The van der Waals surface area contributed by atoms with Gasteiger partial charge in [0.1, 0.15) is 5.56 Å². The van der Waals surface area contributed by atoms with E-state index in [4.69, 9.17) is 0 Å². The second-order valence-electron chi connectivity index (χ2n) is 4.84. The van der Waals surface area contributed by atoms with Gasteiger partial charge in [0.15, 0.2) is 5.78 Å². The van der Waals surface area contributed by atoms with E-state index in [9.17, 15) is 25.0 Å². The van der Waals surface area contributed by atoms with E-state index in [-0.39, 0.29) is 5.56 Å². The lowest BCUT2D eigenvalue weighted by Gasteiger charge is -2.05. The Bertz CT molecular complexity index is 799. The van der Waals surface area contributed by atoms with E-state index in [0.717, 1.165) is 29.3 Å². The molecule has 7 nitrogen and oxygen atoms in total. The molecule has 7 heteroatoms. The fourth-order valence-electron chi connectivity index (χ4n) is 2.01. The molecule has 0 radical (unpaired) electrons. The molecule has 0 saturated heterocycles. The van der Waals surface area contributed by atoms with Crippen LogP contribution < -0.4 is 0 Å². The van der Waals surface area contributed by atoms with Crippen LogP contribution in [0.5, 0.6) is 0 Å². The van der Waals surface area contributed by atoms with E-state index >= 15 is 0 Å². The van der Waals surface area contributed by atoms with Crippen molar-refractivity contribution in [2.75, 3.05) is 0 Å². The molecule has 22 heavy (non-hydrogen) atoms. The molecule has 0 heterocycles. The van der Waals surface area contributed by atoms with Crippen molar-refractivity contribution in [2.45, 2.75) is 13.8 Å². The highest BCUT2D eigenvalue weighted by atomic mass is 16.6. The number of aryl methyl sites for hydroxylation is 2. The molecule has 112 valence electrons. The van der Waals surface area contributed by atoms with Crippen molar-refractivity contribution in [3.63, 3.8) is 0 Å². The van der Waals surface area contributed by atoms with Crippen LogP contribution in [0.15, 0.2) is 36.4 Å². The third kappa shape index (κ3) is 2.83. The summed E-state index contributed by atoms with van der Waals surface area (Å²) in [6.45, 7) is 3.72. The summed E-state index contributed by atoms with van der Waals surface area (Å²) >= 11 is 0. The number of benzene rings is 2. The minimum atomic E-state index is -0.790. The summed E-state index contributed by atoms with van der Waals surface area (Å²) in [5.74, 6) is -0.537. The van der Waals surface area contributed by atoms with E-state index in [1.165, 1.54) is 0 Å². The van der Waals surface area contributed by atoms with Crippen LogP contribution >= 0.6 is 0 Å². The van der Waals surface area contributed by atoms with Gasteiger partial charge in [0.05, 0.1) is 15.9 Å². The van der Waals surface area contributed by atoms with Crippen LogP contribution in [-0.2, 0) is 0 Å². The Morgan fingerprint density at radius 1 is 0.909 bits per heavy atom. The third-order valence-corrected chi connectivity index (χ3v) is 3.40. The van der Waals surface area contributed by atoms with Crippen molar-refractivity contribution >= 4 is 17.2 Å². The minimum absolute atomic E-state index is 0.168. The molecule has 2 aromatic carbocycles. The standard InChI is InChI=1S/C15H12N2O5/c1-9-3-4-11(7-10(9)2)15(18)13-6-5-12(16(19)20)8-14(13)17(21)22/h3-8H,1-2H3. The van der Waals surface area contributed by atoms with Gasteiger partial charge in [-0.05, 0) is 37.1 Å². The molecule has 0 amide bonds. The van der Waals surface area contributed by atoms with Crippen molar-refractivity contribution in [2.24, 2.45) is 0 Å². The molecule has 0 aromatic heterocycles. The Hall–Kier alpha value is -3.09. The fourth-order valence-corrected chi connectivity index (χ4v) is 2.01. The molecule has 0 saturated carbocycles. The average Bonchev–Trinajstić information content (AvgIpc) is 2.48. The first-order valence-corrected chi connectivity index (χ1v) is 6.36. The van der Waals surface area contributed by atoms with Gasteiger partial charge in [-0.1, -0.05) is 12.1 Å². The topological polar surface area (TPSA) is 103 Å². The molecule has 0 atom stereocenters. The number of ketones is 1. The highest BCUT2D eigenvalue weighted by Gasteiger charge is 2.24. The summed E-state index contributed by atoms with van der Waals surface area (Å²) in [6.07, 6.45) is 0. The van der Waals surface area contributed by atoms with E-state index in [1.54, 1.807) is 18.2 Å². The Labute approximate surface area is 125 Å². The van der Waals surface area contributed by atoms with Crippen LogP contribution in [0.2, 0.25) is 0 Å². The summed E-state index contributed by atoms with van der Waals surface area (Å²) in [7, 11) is 0. The van der Waals surface area contributed by atoms with Gasteiger partial charge in [0.25, 0.3) is 11.4 Å². The van der Waals surface area contributed by atoms with Crippen LogP contribution in [-0.4, -0.2) is 15.6 Å². The molecule has 0 aliphatic rings. The van der Waals surface area contributed by atoms with Gasteiger partial charge in [-0.3, -0.25) is 25.0 Å². The number of hydrogen-bond acceptors (Lipinski definition) is 5. The Kier molecular flexibility index (Phi) is 3.98. The zero-order valence-electron chi connectivity index (χ0n) is 11.9. The first-order chi connectivity index (χ1) is 10.3. The molecular weight excluding hydrogens is 288 g/mol. The fraction of sp³-hybridized carbons (Fsp3) is 0.133. The summed E-state index contributed by atoms with van der Waals surface area (Å²) < 4.78 is 0. The molecule has 0 aliphatic heterocycles. The van der Waals surface area contributed by atoms with Gasteiger partial charge in [-0.25, -0.2) is 0 Å². The maximum Gasteiger partial charge on any atom is 0.287 e. The Morgan fingerprint density at radius 2 is 1.59 bits per heavy atom. The van der Waals surface area contributed by atoms with Gasteiger partial charge in [0, 0.05) is 11.6 Å². The molecule has 0 aliphatic carbocycles. The van der Waals surface area contributed by atoms with Crippen LogP contribution in [0.1, 0.15) is 27.0 Å². The first-order valence-electron chi connectivity index (χ1n) is 6.36. The van der Waals surface area contributed by atoms with Gasteiger partial charge in [-0.15, -0.1) is 0 Å². The third-order valence-electron chi connectivity index (χ3n) is 3.40. The summed E-state index contributed by atoms with van der Waals surface area (Å²) in [5.41, 5.74) is 1.02. The van der Waals surface area contributed by atoms with E-state index in [0.29, 0.717) is 5.56 Å². The molecule has 2 aromatic rings. The smallest absolute Gasteiger partial charge is 0.287 e. The number of nitrogens with zero attached hydrogens (tertiary/aromatic N) is 2. The molecular formula is C15H12N2O5. The number of non-ortho nitro benzene ring substituents is 1. The van der Waals surface area contributed by atoms with E-state index < -0.39 is 27.0 Å². The quantitative estimate of drug-likeness (QED) is 0.489. The van der Waals surface area contributed by atoms with Crippen molar-refractivity contribution in [3.8, 4) is 0 Å². The van der Waals surface area contributed by atoms with Gasteiger partial charge in [-0.2, -0.15) is 0 Å². The van der Waals surface area contributed by atoms with Crippen LogP contribution in [0.4, 0.5) is 11.4 Å². The molecule has 0 bridgehead atoms. The Morgan fingerprint density at radius 3 is 2.14 bits per heavy atom. The number of nitro benzene ring substituents is 2. The zero-order chi connectivity index (χ0) is 16.4. The number of nitro groups is 2. The van der Waals surface area contributed by atoms with Crippen molar-refractivity contribution < 1.29 is 14.6 Å². The molecule has 0 fully saturated rings. The molecule has 0 unspecified atom stereocenters. The van der Waals surface area contributed by atoms with E-state index in [1.807, 2.05) is 13.8 Å². The van der Waals surface area contributed by atoms with Crippen molar-refractivity contribution in [1.29, 1.82) is 0 Å². The predicted octanol–water partition coefficient (Wildman–Crippen LogP) is 3.35. The highest BCUT2D eigenvalue weighted by molar-refractivity contribution is 6.11. The van der Waals surface area contributed by atoms with Crippen molar-refractivity contribution in [3.05, 3.63) is 78.9 Å².